The fourth-order valence-electron chi connectivity index (χ4n) is 3.19. The third-order valence-corrected chi connectivity index (χ3v) is 4.38. The molecule has 120 valence electrons. The Balaban J connectivity index is 0.00000110. The van der Waals surface area contributed by atoms with Gasteiger partial charge in [0.2, 0.25) is 0 Å². The minimum Gasteiger partial charge on any atom is -0.505 e. The summed E-state index contributed by atoms with van der Waals surface area (Å²) in [6.45, 7) is 6.24. The minimum absolute atomic E-state index is 0. The number of hydrogen-bond acceptors (Lipinski definition) is 4. The molecule has 1 aromatic carbocycles. The molecule has 1 aromatic rings. The van der Waals surface area contributed by atoms with Gasteiger partial charge in [-0.1, -0.05) is 6.07 Å². The Labute approximate surface area is 138 Å². The van der Waals surface area contributed by atoms with E-state index in [0.29, 0.717) is 23.4 Å². The highest BCUT2D eigenvalue weighted by Gasteiger charge is 2.39. The molecule has 0 radical (unpaired) electrons. The second-order valence-electron chi connectivity index (χ2n) is 5.80. The van der Waals surface area contributed by atoms with Gasteiger partial charge in [-0.15, -0.1) is 24.8 Å². The molecular weight excluding hydrogens is 309 g/mol. The van der Waals surface area contributed by atoms with Gasteiger partial charge in [-0.05, 0) is 37.3 Å². The van der Waals surface area contributed by atoms with Crippen LogP contribution in [0.1, 0.15) is 30.0 Å². The molecule has 2 aliphatic rings. The maximum atomic E-state index is 10.4. The Morgan fingerprint density at radius 2 is 1.86 bits per heavy atom. The standard InChI is InChI=1S/C15H23N3O.2ClH/c1-10-2-5-12(16)15(19)13(10)14(11-3-4-11)18-8-6-17-7-9-18;;/h2,5,11,14,17,19H,3-4,6-9,16H2,1H3;2*1H/t14-;;/m1../s1. The summed E-state index contributed by atoms with van der Waals surface area (Å²) in [6, 6.07) is 4.17. The molecule has 0 spiro atoms. The molecule has 1 aliphatic heterocycles. The lowest BCUT2D eigenvalue weighted by atomic mass is 9.94. The second kappa shape index (κ2) is 7.54. The number of nitrogen functional groups attached to an aromatic ring is 1. The van der Waals surface area contributed by atoms with Crippen LogP contribution < -0.4 is 11.1 Å². The SMILES string of the molecule is Cc1ccc(N)c(O)c1[C@@H](C1CC1)N1CCNCC1.Cl.Cl. The van der Waals surface area contributed by atoms with E-state index in [0.717, 1.165) is 37.3 Å². The van der Waals surface area contributed by atoms with E-state index in [1.54, 1.807) is 6.07 Å². The molecule has 1 heterocycles. The van der Waals surface area contributed by atoms with Gasteiger partial charge in [0.15, 0.2) is 0 Å². The van der Waals surface area contributed by atoms with E-state index < -0.39 is 0 Å². The lowest BCUT2D eigenvalue weighted by molar-refractivity contribution is 0.153. The number of nitrogens with two attached hydrogens (primary N) is 1. The van der Waals surface area contributed by atoms with E-state index in [1.807, 2.05) is 6.07 Å². The average Bonchev–Trinajstić information content (AvgIpc) is 3.24. The quantitative estimate of drug-likeness (QED) is 0.587. The monoisotopic (exact) mass is 333 g/mol. The number of anilines is 1. The normalized spacial score (nSPS) is 20.2. The van der Waals surface area contributed by atoms with Crippen LogP contribution in [0.25, 0.3) is 0 Å². The third-order valence-electron chi connectivity index (χ3n) is 4.38. The van der Waals surface area contributed by atoms with Gasteiger partial charge in [0, 0.05) is 37.8 Å². The summed E-state index contributed by atoms with van der Waals surface area (Å²) in [5.74, 6) is 0.986. The first-order valence-corrected chi connectivity index (χ1v) is 7.21. The van der Waals surface area contributed by atoms with Crippen LogP contribution in [0.5, 0.6) is 5.75 Å². The predicted molar refractivity (Wildman–Crippen MR) is 91.7 cm³/mol. The molecule has 21 heavy (non-hydrogen) atoms. The van der Waals surface area contributed by atoms with Crippen molar-refractivity contribution in [2.75, 3.05) is 31.9 Å². The van der Waals surface area contributed by atoms with Gasteiger partial charge in [-0.2, -0.15) is 0 Å². The van der Waals surface area contributed by atoms with Crippen molar-refractivity contribution in [3.8, 4) is 5.75 Å². The van der Waals surface area contributed by atoms with Gasteiger partial charge in [0.05, 0.1) is 5.69 Å². The third kappa shape index (κ3) is 3.75. The van der Waals surface area contributed by atoms with Gasteiger partial charge >= 0.3 is 0 Å². The lowest BCUT2D eigenvalue weighted by Crippen LogP contribution is -2.45. The van der Waals surface area contributed by atoms with Crippen molar-refractivity contribution in [2.24, 2.45) is 5.92 Å². The van der Waals surface area contributed by atoms with Crippen molar-refractivity contribution in [3.63, 3.8) is 0 Å². The Hall–Kier alpha value is -0.680. The zero-order valence-electron chi connectivity index (χ0n) is 12.3. The van der Waals surface area contributed by atoms with Crippen molar-refractivity contribution < 1.29 is 5.11 Å². The fourth-order valence-corrected chi connectivity index (χ4v) is 3.19. The molecule has 1 aliphatic carbocycles. The zero-order valence-corrected chi connectivity index (χ0v) is 14.0. The van der Waals surface area contributed by atoms with E-state index in [2.05, 4.69) is 17.1 Å². The van der Waals surface area contributed by atoms with E-state index in [-0.39, 0.29) is 24.8 Å². The first-order chi connectivity index (χ1) is 9.18. The van der Waals surface area contributed by atoms with Gasteiger partial charge in [0.25, 0.3) is 0 Å². The highest BCUT2D eigenvalue weighted by atomic mass is 35.5. The summed E-state index contributed by atoms with van der Waals surface area (Å²) in [5.41, 5.74) is 8.61. The number of phenols is 1. The van der Waals surface area contributed by atoms with Gasteiger partial charge in [-0.25, -0.2) is 0 Å². The molecule has 2 fully saturated rings. The highest BCUT2D eigenvalue weighted by molar-refractivity contribution is 5.85. The van der Waals surface area contributed by atoms with Gasteiger partial charge in [0.1, 0.15) is 5.75 Å². The Bertz CT molecular complexity index is 474. The minimum atomic E-state index is 0. The number of nitrogens with one attached hydrogen (secondary N) is 1. The number of aryl methyl sites for hydroxylation is 1. The van der Waals surface area contributed by atoms with Crippen LogP contribution in [0, 0.1) is 12.8 Å². The largest absolute Gasteiger partial charge is 0.505 e. The van der Waals surface area contributed by atoms with Crippen molar-refractivity contribution in [1.82, 2.24) is 10.2 Å². The average molecular weight is 334 g/mol. The zero-order chi connectivity index (χ0) is 13.4. The number of halogens is 2. The molecular formula is C15H25Cl2N3O. The summed E-state index contributed by atoms with van der Waals surface area (Å²) < 4.78 is 0. The maximum absolute atomic E-state index is 10.4. The molecule has 3 rings (SSSR count). The van der Waals surface area contributed by atoms with Crippen LogP contribution in [0.4, 0.5) is 5.69 Å². The molecule has 1 saturated carbocycles. The maximum Gasteiger partial charge on any atom is 0.143 e. The highest BCUT2D eigenvalue weighted by Crippen LogP contribution is 2.48. The van der Waals surface area contributed by atoms with Crippen molar-refractivity contribution in [2.45, 2.75) is 25.8 Å². The first-order valence-electron chi connectivity index (χ1n) is 7.21. The first kappa shape index (κ1) is 18.4. The van der Waals surface area contributed by atoms with Crippen molar-refractivity contribution >= 4 is 30.5 Å². The van der Waals surface area contributed by atoms with Crippen LogP contribution in [-0.2, 0) is 0 Å². The number of nitrogens with zero attached hydrogens (tertiary/aromatic N) is 1. The molecule has 0 bridgehead atoms. The van der Waals surface area contributed by atoms with Crippen molar-refractivity contribution in [1.29, 1.82) is 0 Å². The van der Waals surface area contributed by atoms with E-state index in [4.69, 9.17) is 5.73 Å². The van der Waals surface area contributed by atoms with Gasteiger partial charge < -0.3 is 16.2 Å². The predicted octanol–water partition coefficient (Wildman–Crippen LogP) is 2.48. The number of piperazine rings is 1. The summed E-state index contributed by atoms with van der Waals surface area (Å²) in [4.78, 5) is 2.51. The number of phenolic OH excluding ortho intramolecular Hbond substituents is 1. The summed E-state index contributed by atoms with van der Waals surface area (Å²) >= 11 is 0. The molecule has 0 amide bonds. The molecule has 6 heteroatoms. The summed E-state index contributed by atoms with van der Waals surface area (Å²) in [7, 11) is 0. The second-order valence-corrected chi connectivity index (χ2v) is 5.80. The molecule has 1 atom stereocenters. The van der Waals surface area contributed by atoms with Crippen LogP contribution in [0.2, 0.25) is 0 Å². The van der Waals surface area contributed by atoms with E-state index in [9.17, 15) is 5.11 Å². The molecule has 4 N–H and O–H groups in total. The smallest absolute Gasteiger partial charge is 0.143 e. The Kier molecular flexibility index (Phi) is 6.60. The van der Waals surface area contributed by atoms with E-state index in [1.165, 1.54) is 12.8 Å². The summed E-state index contributed by atoms with van der Waals surface area (Å²) in [5, 5.41) is 13.8. The number of rotatable bonds is 3. The van der Waals surface area contributed by atoms with Crippen LogP contribution in [0.3, 0.4) is 0 Å². The number of benzene rings is 1. The molecule has 0 aromatic heterocycles. The lowest BCUT2D eigenvalue weighted by Gasteiger charge is -2.36. The van der Waals surface area contributed by atoms with Crippen molar-refractivity contribution in [3.05, 3.63) is 23.3 Å². The Morgan fingerprint density at radius 3 is 2.43 bits per heavy atom. The topological polar surface area (TPSA) is 61.5 Å². The Morgan fingerprint density at radius 1 is 1.24 bits per heavy atom. The number of hydrogen-bond donors (Lipinski definition) is 3. The van der Waals surface area contributed by atoms with E-state index >= 15 is 0 Å². The number of aromatic hydroxyl groups is 1. The fraction of sp³-hybridized carbons (Fsp3) is 0.600. The molecule has 4 nitrogen and oxygen atoms in total. The van der Waals surface area contributed by atoms with Crippen LogP contribution in [0.15, 0.2) is 12.1 Å². The van der Waals surface area contributed by atoms with Crippen LogP contribution in [-0.4, -0.2) is 36.2 Å². The van der Waals surface area contributed by atoms with Crippen LogP contribution >= 0.6 is 24.8 Å². The summed E-state index contributed by atoms with van der Waals surface area (Å²) in [6.07, 6.45) is 2.53. The molecule has 1 saturated heterocycles. The molecule has 0 unspecified atom stereocenters. The van der Waals surface area contributed by atoms with Gasteiger partial charge in [-0.3, -0.25) is 4.90 Å².